The van der Waals surface area contributed by atoms with Crippen LogP contribution in [0.25, 0.3) is 0 Å². The number of hydrogen-bond acceptors (Lipinski definition) is 1. The van der Waals surface area contributed by atoms with Gasteiger partial charge in [0.2, 0.25) is 5.91 Å². The molecule has 1 spiro atoms. The SMILES string of the molecule is O=C(CCc1c(Cl)cccc1Cl)N1CCC2(CC1)CC2(F)F. The van der Waals surface area contributed by atoms with E-state index in [1.165, 1.54) is 0 Å². The van der Waals surface area contributed by atoms with Crippen molar-refractivity contribution in [2.24, 2.45) is 5.41 Å². The Hall–Kier alpha value is -0.870. The maximum Gasteiger partial charge on any atom is 0.254 e. The number of carbonyl (C=O) groups excluding carboxylic acids is 1. The Morgan fingerprint density at radius 2 is 1.73 bits per heavy atom. The minimum absolute atomic E-state index is 0.0166. The third-order valence-electron chi connectivity index (χ3n) is 4.94. The first-order valence-electron chi connectivity index (χ1n) is 7.43. The summed E-state index contributed by atoms with van der Waals surface area (Å²) in [7, 11) is 0. The molecule has 0 N–H and O–H groups in total. The molecule has 1 aromatic rings. The van der Waals surface area contributed by atoms with Crippen LogP contribution in [-0.2, 0) is 11.2 Å². The lowest BCUT2D eigenvalue weighted by Crippen LogP contribution is -2.40. The van der Waals surface area contributed by atoms with Gasteiger partial charge in [0.05, 0.1) is 0 Å². The van der Waals surface area contributed by atoms with Crippen molar-refractivity contribution >= 4 is 29.1 Å². The van der Waals surface area contributed by atoms with Crippen LogP contribution in [0.1, 0.15) is 31.2 Å². The molecule has 1 aliphatic carbocycles. The highest BCUT2D eigenvalue weighted by Gasteiger charge is 2.70. The van der Waals surface area contributed by atoms with E-state index in [1.54, 1.807) is 23.1 Å². The highest BCUT2D eigenvalue weighted by atomic mass is 35.5. The topological polar surface area (TPSA) is 20.3 Å². The number of amides is 1. The highest BCUT2D eigenvalue weighted by molar-refractivity contribution is 6.36. The molecule has 0 bridgehead atoms. The third-order valence-corrected chi connectivity index (χ3v) is 5.64. The van der Waals surface area contributed by atoms with Gasteiger partial charge < -0.3 is 4.90 Å². The van der Waals surface area contributed by atoms with Crippen LogP contribution >= 0.6 is 23.2 Å². The van der Waals surface area contributed by atoms with Crippen molar-refractivity contribution in [2.75, 3.05) is 13.1 Å². The molecule has 1 saturated heterocycles. The van der Waals surface area contributed by atoms with Crippen molar-refractivity contribution in [3.05, 3.63) is 33.8 Å². The van der Waals surface area contributed by atoms with Crippen LogP contribution in [0.3, 0.4) is 0 Å². The molecule has 0 unspecified atom stereocenters. The third kappa shape index (κ3) is 2.83. The Balaban J connectivity index is 1.53. The summed E-state index contributed by atoms with van der Waals surface area (Å²) in [5.41, 5.74) is -0.0584. The largest absolute Gasteiger partial charge is 0.343 e. The molecule has 1 saturated carbocycles. The summed E-state index contributed by atoms with van der Waals surface area (Å²) in [5, 5.41) is 1.10. The normalized spacial score (nSPS) is 21.9. The van der Waals surface area contributed by atoms with Crippen molar-refractivity contribution in [1.82, 2.24) is 4.90 Å². The standard InChI is InChI=1S/C16H17Cl2F2NO/c17-12-2-1-3-13(18)11(12)4-5-14(22)21-8-6-15(7-9-21)10-16(15,19)20/h1-3H,4-10H2. The number of hydrogen-bond donors (Lipinski definition) is 0. The molecule has 120 valence electrons. The van der Waals surface area contributed by atoms with E-state index < -0.39 is 11.3 Å². The Labute approximate surface area is 138 Å². The van der Waals surface area contributed by atoms with E-state index in [0.29, 0.717) is 48.8 Å². The summed E-state index contributed by atoms with van der Waals surface area (Å²) in [4.78, 5) is 13.9. The zero-order valence-electron chi connectivity index (χ0n) is 12.0. The number of alkyl halides is 2. The second-order valence-corrected chi connectivity index (χ2v) is 7.06. The van der Waals surface area contributed by atoms with Gasteiger partial charge in [0.1, 0.15) is 0 Å². The zero-order valence-corrected chi connectivity index (χ0v) is 13.6. The van der Waals surface area contributed by atoms with Gasteiger partial charge in [-0.3, -0.25) is 4.79 Å². The molecule has 0 aromatic heterocycles. The lowest BCUT2D eigenvalue weighted by Gasteiger charge is -2.32. The van der Waals surface area contributed by atoms with E-state index in [9.17, 15) is 13.6 Å². The average Bonchev–Trinajstić information content (AvgIpc) is 2.99. The number of piperidine rings is 1. The van der Waals surface area contributed by atoms with Gasteiger partial charge >= 0.3 is 0 Å². The summed E-state index contributed by atoms with van der Waals surface area (Å²) in [6.07, 6.45) is 1.55. The van der Waals surface area contributed by atoms with E-state index in [0.717, 1.165) is 5.56 Å². The van der Waals surface area contributed by atoms with Crippen molar-refractivity contribution in [1.29, 1.82) is 0 Å². The van der Waals surface area contributed by atoms with E-state index >= 15 is 0 Å². The number of nitrogens with zero attached hydrogens (tertiary/aromatic N) is 1. The monoisotopic (exact) mass is 347 g/mol. The first kappa shape index (κ1) is 16.0. The predicted octanol–water partition coefficient (Wildman–Crippen LogP) is 4.57. The van der Waals surface area contributed by atoms with Crippen LogP contribution in [0.4, 0.5) is 8.78 Å². The molecule has 0 atom stereocenters. The summed E-state index contributed by atoms with van der Waals surface area (Å²) in [5.74, 6) is -2.54. The lowest BCUT2D eigenvalue weighted by molar-refractivity contribution is -0.133. The Kier molecular flexibility index (Phi) is 4.11. The quantitative estimate of drug-likeness (QED) is 0.783. The molecule has 22 heavy (non-hydrogen) atoms. The summed E-state index contributed by atoms with van der Waals surface area (Å²) < 4.78 is 26.7. The van der Waals surface area contributed by atoms with Crippen LogP contribution in [-0.4, -0.2) is 29.8 Å². The van der Waals surface area contributed by atoms with Crippen molar-refractivity contribution in [3.8, 4) is 0 Å². The maximum atomic E-state index is 13.3. The molecule has 3 rings (SSSR count). The fourth-order valence-electron chi connectivity index (χ4n) is 3.27. The molecular weight excluding hydrogens is 331 g/mol. The average molecular weight is 348 g/mol. The predicted molar refractivity (Wildman–Crippen MR) is 82.6 cm³/mol. The second-order valence-electron chi connectivity index (χ2n) is 6.24. The van der Waals surface area contributed by atoms with E-state index in [1.807, 2.05) is 0 Å². The highest BCUT2D eigenvalue weighted by Crippen LogP contribution is 2.65. The minimum atomic E-state index is -2.52. The van der Waals surface area contributed by atoms with Gasteiger partial charge in [-0.05, 0) is 37.0 Å². The van der Waals surface area contributed by atoms with Crippen molar-refractivity contribution < 1.29 is 13.6 Å². The van der Waals surface area contributed by atoms with Crippen molar-refractivity contribution in [2.45, 2.75) is 38.0 Å². The van der Waals surface area contributed by atoms with Gasteiger partial charge in [-0.1, -0.05) is 29.3 Å². The number of carbonyl (C=O) groups is 1. The van der Waals surface area contributed by atoms with Crippen LogP contribution in [0, 0.1) is 5.41 Å². The van der Waals surface area contributed by atoms with Gasteiger partial charge in [-0.25, -0.2) is 8.78 Å². The molecule has 1 heterocycles. The molecular formula is C16H17Cl2F2NO. The molecule has 6 heteroatoms. The molecule has 2 aliphatic rings. The Morgan fingerprint density at radius 3 is 2.23 bits per heavy atom. The Morgan fingerprint density at radius 1 is 1.18 bits per heavy atom. The smallest absolute Gasteiger partial charge is 0.254 e. The van der Waals surface area contributed by atoms with Gasteiger partial charge in [-0.2, -0.15) is 0 Å². The van der Waals surface area contributed by atoms with Crippen LogP contribution < -0.4 is 0 Å². The minimum Gasteiger partial charge on any atom is -0.343 e. The number of halogens is 4. The summed E-state index contributed by atoms with van der Waals surface area (Å²) >= 11 is 12.2. The molecule has 1 amide bonds. The lowest BCUT2D eigenvalue weighted by atomic mass is 9.92. The summed E-state index contributed by atoms with van der Waals surface area (Å²) in [6, 6.07) is 5.25. The molecule has 2 nitrogen and oxygen atoms in total. The number of likely N-dealkylation sites (tertiary alicyclic amines) is 1. The first-order chi connectivity index (χ1) is 10.3. The van der Waals surface area contributed by atoms with Gasteiger partial charge in [0, 0.05) is 41.4 Å². The first-order valence-corrected chi connectivity index (χ1v) is 8.19. The Bertz CT molecular complexity index is 578. The number of rotatable bonds is 3. The van der Waals surface area contributed by atoms with Crippen LogP contribution in [0.5, 0.6) is 0 Å². The van der Waals surface area contributed by atoms with Gasteiger partial charge in [0.25, 0.3) is 5.92 Å². The van der Waals surface area contributed by atoms with Gasteiger partial charge in [0.15, 0.2) is 0 Å². The van der Waals surface area contributed by atoms with Crippen molar-refractivity contribution in [3.63, 3.8) is 0 Å². The zero-order chi connectivity index (χ0) is 16.0. The van der Waals surface area contributed by atoms with Crippen LogP contribution in [0.15, 0.2) is 18.2 Å². The molecule has 0 radical (unpaired) electrons. The fraction of sp³-hybridized carbons (Fsp3) is 0.562. The maximum absolute atomic E-state index is 13.3. The fourth-order valence-corrected chi connectivity index (χ4v) is 3.86. The summed E-state index contributed by atoms with van der Waals surface area (Å²) in [6.45, 7) is 0.843. The molecule has 2 fully saturated rings. The van der Waals surface area contributed by atoms with Gasteiger partial charge in [-0.15, -0.1) is 0 Å². The molecule has 1 aliphatic heterocycles. The van der Waals surface area contributed by atoms with E-state index in [-0.39, 0.29) is 12.3 Å². The molecule has 1 aromatic carbocycles. The van der Waals surface area contributed by atoms with E-state index in [2.05, 4.69) is 0 Å². The number of benzene rings is 1. The van der Waals surface area contributed by atoms with E-state index in [4.69, 9.17) is 23.2 Å². The van der Waals surface area contributed by atoms with Crippen LogP contribution in [0.2, 0.25) is 10.0 Å². The second kappa shape index (κ2) is 5.64.